The first-order valence-corrected chi connectivity index (χ1v) is 16.2. The summed E-state index contributed by atoms with van der Waals surface area (Å²) in [6.45, 7) is 9.89. The molecule has 2 N–H and O–H groups in total. The zero-order valence-electron chi connectivity index (χ0n) is 25.6. The maximum absolute atomic E-state index is 13.8. The molecule has 0 saturated heterocycles. The Bertz CT molecular complexity index is 1580. The summed E-state index contributed by atoms with van der Waals surface area (Å²) in [5, 5.41) is 20.6. The SMILES string of the molecule is CCN(CCOc1ccc(C(=O)c2c(-c3ccc(O)cc3)sc3cc(O)ccc23)cc1)CC1CCC(C(=O)OCC(C)C)C1. The number of phenols is 2. The van der Waals surface area contributed by atoms with Crippen molar-refractivity contribution in [1.29, 1.82) is 0 Å². The number of hydrogen-bond acceptors (Lipinski definition) is 8. The zero-order valence-corrected chi connectivity index (χ0v) is 26.4. The molecule has 1 aromatic heterocycles. The lowest BCUT2D eigenvalue weighted by atomic mass is 9.97. The number of ether oxygens (including phenoxy) is 2. The van der Waals surface area contributed by atoms with Crippen molar-refractivity contribution in [2.45, 2.75) is 40.0 Å². The molecule has 4 aromatic rings. The molecule has 44 heavy (non-hydrogen) atoms. The van der Waals surface area contributed by atoms with Gasteiger partial charge in [-0.1, -0.05) is 20.8 Å². The van der Waals surface area contributed by atoms with Crippen LogP contribution in [0.3, 0.4) is 0 Å². The number of thiophene rings is 1. The van der Waals surface area contributed by atoms with Crippen molar-refractivity contribution in [2.24, 2.45) is 17.8 Å². The summed E-state index contributed by atoms with van der Waals surface area (Å²) in [5.74, 6) is 1.70. The van der Waals surface area contributed by atoms with E-state index in [0.29, 0.717) is 41.9 Å². The fraction of sp³-hybridized carbons (Fsp3) is 0.389. The molecule has 0 amide bonds. The number of carbonyl (C=O) groups excluding carboxylic acids is 2. The number of phenolic OH excluding ortho intramolecular Hbond substituents is 2. The van der Waals surface area contributed by atoms with Crippen LogP contribution in [0.15, 0.2) is 66.7 Å². The second-order valence-corrected chi connectivity index (χ2v) is 13.1. The first-order chi connectivity index (χ1) is 21.2. The molecule has 5 rings (SSSR count). The minimum absolute atomic E-state index is 0.0197. The van der Waals surface area contributed by atoms with E-state index >= 15 is 0 Å². The van der Waals surface area contributed by atoms with Gasteiger partial charge in [-0.25, -0.2) is 0 Å². The third kappa shape index (κ3) is 7.60. The molecular weight excluding hydrogens is 574 g/mol. The predicted molar refractivity (Wildman–Crippen MR) is 175 cm³/mol. The maximum atomic E-state index is 13.8. The van der Waals surface area contributed by atoms with Gasteiger partial charge in [-0.2, -0.15) is 0 Å². The summed E-state index contributed by atoms with van der Waals surface area (Å²) in [6, 6.07) is 19.1. The highest BCUT2D eigenvalue weighted by Gasteiger charge is 2.32. The van der Waals surface area contributed by atoms with Gasteiger partial charge in [0.05, 0.1) is 12.5 Å². The van der Waals surface area contributed by atoms with Gasteiger partial charge in [0.2, 0.25) is 0 Å². The predicted octanol–water partition coefficient (Wildman–Crippen LogP) is 7.53. The van der Waals surface area contributed by atoms with Crippen LogP contribution in [0.2, 0.25) is 0 Å². The number of aromatic hydroxyl groups is 2. The summed E-state index contributed by atoms with van der Waals surface area (Å²) in [5.41, 5.74) is 1.94. The van der Waals surface area contributed by atoms with Crippen LogP contribution < -0.4 is 4.74 Å². The Morgan fingerprint density at radius 3 is 2.41 bits per heavy atom. The Morgan fingerprint density at radius 1 is 0.977 bits per heavy atom. The summed E-state index contributed by atoms with van der Waals surface area (Å²) in [6.07, 6.45) is 2.84. The molecule has 1 saturated carbocycles. The van der Waals surface area contributed by atoms with Crippen molar-refractivity contribution in [3.05, 3.63) is 77.9 Å². The summed E-state index contributed by atoms with van der Waals surface area (Å²) in [4.78, 5) is 29.4. The lowest BCUT2D eigenvalue weighted by molar-refractivity contribution is -0.149. The molecule has 0 spiro atoms. The number of carbonyl (C=O) groups is 2. The van der Waals surface area contributed by atoms with Crippen molar-refractivity contribution in [2.75, 3.05) is 32.8 Å². The Kier molecular flexibility index (Phi) is 10.2. The fourth-order valence-corrected chi connectivity index (χ4v) is 7.07. The summed E-state index contributed by atoms with van der Waals surface area (Å²) in [7, 11) is 0. The van der Waals surface area contributed by atoms with E-state index in [-0.39, 0.29) is 29.2 Å². The van der Waals surface area contributed by atoms with Gasteiger partial charge in [0.1, 0.15) is 23.9 Å². The number of benzene rings is 3. The van der Waals surface area contributed by atoms with Crippen molar-refractivity contribution >= 4 is 33.2 Å². The van der Waals surface area contributed by atoms with E-state index in [0.717, 1.165) is 59.4 Å². The van der Waals surface area contributed by atoms with Gasteiger partial charge < -0.3 is 19.7 Å². The average molecular weight is 616 g/mol. The molecular formula is C36H41NO6S. The molecule has 3 aromatic carbocycles. The molecule has 2 atom stereocenters. The van der Waals surface area contributed by atoms with E-state index in [1.165, 1.54) is 11.3 Å². The lowest BCUT2D eigenvalue weighted by Crippen LogP contribution is -2.32. The van der Waals surface area contributed by atoms with E-state index in [9.17, 15) is 19.8 Å². The van der Waals surface area contributed by atoms with E-state index in [2.05, 4.69) is 25.7 Å². The van der Waals surface area contributed by atoms with Crippen LogP contribution in [0.25, 0.3) is 20.5 Å². The van der Waals surface area contributed by atoms with Gasteiger partial charge in [-0.05, 0) is 110 Å². The highest BCUT2D eigenvalue weighted by atomic mass is 32.1. The Morgan fingerprint density at radius 2 is 1.70 bits per heavy atom. The minimum Gasteiger partial charge on any atom is -0.508 e. The zero-order chi connectivity index (χ0) is 31.2. The first kappa shape index (κ1) is 31.5. The standard InChI is InChI=1S/C36H41NO6S/c1-4-37(21-24-5-6-27(19-24)36(41)43-22-23(2)3)17-18-42-30-14-9-25(10-15-30)34(40)33-31-16-13-29(39)20-32(31)44-35(33)26-7-11-28(38)12-8-26/h7-16,20,23-24,27,38-39H,4-6,17-19,21-22H2,1-3H3. The van der Waals surface area contributed by atoms with Crippen LogP contribution in [-0.4, -0.2) is 59.7 Å². The molecule has 0 bridgehead atoms. The molecule has 0 aliphatic heterocycles. The van der Waals surface area contributed by atoms with Crippen molar-refractivity contribution < 1.29 is 29.3 Å². The summed E-state index contributed by atoms with van der Waals surface area (Å²) < 4.78 is 12.3. The van der Waals surface area contributed by atoms with Crippen LogP contribution in [0, 0.1) is 17.8 Å². The third-order valence-corrected chi connectivity index (χ3v) is 9.42. The van der Waals surface area contributed by atoms with Gasteiger partial charge in [-0.3, -0.25) is 14.5 Å². The van der Waals surface area contributed by atoms with E-state index in [1.54, 1.807) is 54.6 Å². The molecule has 1 aliphatic rings. The number of ketones is 1. The van der Waals surface area contributed by atoms with Crippen LogP contribution in [0.5, 0.6) is 17.2 Å². The van der Waals surface area contributed by atoms with Gasteiger partial charge >= 0.3 is 5.97 Å². The summed E-state index contributed by atoms with van der Waals surface area (Å²) >= 11 is 1.44. The Balaban J connectivity index is 1.19. The van der Waals surface area contributed by atoms with Crippen LogP contribution >= 0.6 is 11.3 Å². The molecule has 1 aliphatic carbocycles. The monoisotopic (exact) mass is 615 g/mol. The third-order valence-electron chi connectivity index (χ3n) is 8.22. The number of fused-ring (bicyclic) bond motifs is 1. The van der Waals surface area contributed by atoms with Crippen molar-refractivity contribution in [3.63, 3.8) is 0 Å². The number of likely N-dealkylation sites (N-methyl/N-ethyl adjacent to an activating group) is 1. The number of esters is 1. The normalized spacial score (nSPS) is 16.6. The van der Waals surface area contributed by atoms with Crippen LogP contribution in [0.1, 0.15) is 56.0 Å². The highest BCUT2D eigenvalue weighted by Crippen LogP contribution is 2.41. The number of rotatable bonds is 13. The highest BCUT2D eigenvalue weighted by molar-refractivity contribution is 7.22. The molecule has 0 radical (unpaired) electrons. The first-order valence-electron chi connectivity index (χ1n) is 15.4. The van der Waals surface area contributed by atoms with Gasteiger partial charge in [0.25, 0.3) is 0 Å². The van der Waals surface area contributed by atoms with Gasteiger partial charge in [0, 0.05) is 39.2 Å². The molecule has 1 fully saturated rings. The van der Waals surface area contributed by atoms with Crippen molar-refractivity contribution in [3.8, 4) is 27.7 Å². The second kappa shape index (κ2) is 14.3. The van der Waals surface area contributed by atoms with E-state index in [1.807, 2.05) is 12.1 Å². The number of hydrogen-bond donors (Lipinski definition) is 2. The molecule has 7 nitrogen and oxygen atoms in total. The lowest BCUT2D eigenvalue weighted by Gasteiger charge is -2.24. The quantitative estimate of drug-likeness (QED) is 0.119. The van der Waals surface area contributed by atoms with Gasteiger partial charge in [0.15, 0.2) is 5.78 Å². The van der Waals surface area contributed by atoms with E-state index < -0.39 is 0 Å². The molecule has 1 heterocycles. The second-order valence-electron chi connectivity index (χ2n) is 12.0. The Labute approximate surface area is 263 Å². The van der Waals surface area contributed by atoms with E-state index in [4.69, 9.17) is 9.47 Å². The Hall–Kier alpha value is -3.88. The molecule has 232 valence electrons. The molecule has 8 heteroatoms. The van der Waals surface area contributed by atoms with Gasteiger partial charge in [-0.15, -0.1) is 11.3 Å². The van der Waals surface area contributed by atoms with Crippen molar-refractivity contribution in [1.82, 2.24) is 4.90 Å². The fourth-order valence-electron chi connectivity index (χ4n) is 5.83. The van der Waals surface area contributed by atoms with Crippen LogP contribution in [0.4, 0.5) is 0 Å². The average Bonchev–Trinajstić information content (AvgIpc) is 3.64. The number of nitrogens with zero attached hydrogens (tertiary/aromatic N) is 1. The maximum Gasteiger partial charge on any atom is 0.308 e. The molecule has 2 unspecified atom stereocenters. The topological polar surface area (TPSA) is 96.3 Å². The largest absolute Gasteiger partial charge is 0.508 e. The minimum atomic E-state index is -0.114. The van der Waals surface area contributed by atoms with Crippen LogP contribution in [-0.2, 0) is 9.53 Å². The smallest absolute Gasteiger partial charge is 0.308 e.